The fraction of sp³-hybridized carbons (Fsp3) is 0.389. The van der Waals surface area contributed by atoms with Gasteiger partial charge in [0.05, 0.1) is 6.33 Å². The number of benzene rings is 1. The van der Waals surface area contributed by atoms with Gasteiger partial charge in [-0.2, -0.15) is 0 Å². The fourth-order valence-corrected chi connectivity index (χ4v) is 2.54. The molecule has 8 nitrogen and oxygen atoms in total. The monoisotopic (exact) mass is 379 g/mol. The highest BCUT2D eigenvalue weighted by molar-refractivity contribution is 5.98. The molecule has 2 N–H and O–H groups in total. The molecule has 0 bridgehead atoms. The molecule has 1 heterocycles. The molecule has 1 aliphatic rings. The summed E-state index contributed by atoms with van der Waals surface area (Å²) in [7, 11) is 3.28. The minimum Gasteiger partial charge on any atom is -0.489 e. The van der Waals surface area contributed by atoms with Crippen molar-refractivity contribution in [3.05, 3.63) is 41.2 Å². The molecule has 0 saturated heterocycles. The number of rotatable bonds is 7. The maximum Gasteiger partial charge on any atom is 0.404 e. The number of hydrogen-bond acceptors (Lipinski definition) is 4. The minimum absolute atomic E-state index is 0.0325. The molecule has 9 heteroatoms. The van der Waals surface area contributed by atoms with E-state index in [1.165, 1.54) is 9.80 Å². The van der Waals surface area contributed by atoms with Gasteiger partial charge in [-0.1, -0.05) is 0 Å². The zero-order valence-electron chi connectivity index (χ0n) is 15.2. The highest BCUT2D eigenvalue weighted by Crippen LogP contribution is 2.24. The fourth-order valence-electron chi connectivity index (χ4n) is 2.54. The van der Waals surface area contributed by atoms with Crippen LogP contribution in [-0.2, 0) is 11.2 Å². The van der Waals surface area contributed by atoms with Gasteiger partial charge in [0.25, 0.3) is 5.91 Å². The Hall–Kier alpha value is -3.10. The van der Waals surface area contributed by atoms with Crippen molar-refractivity contribution in [1.29, 1.82) is 0 Å². The number of ether oxygens (including phenoxy) is 1. The van der Waals surface area contributed by atoms with Crippen LogP contribution in [0.3, 0.4) is 0 Å². The van der Waals surface area contributed by atoms with Gasteiger partial charge >= 0.3 is 6.09 Å². The Morgan fingerprint density at radius 1 is 1.41 bits per heavy atom. The van der Waals surface area contributed by atoms with E-state index in [9.17, 15) is 18.8 Å². The molecule has 27 heavy (non-hydrogen) atoms. The molecule has 1 aliphatic heterocycles. The summed E-state index contributed by atoms with van der Waals surface area (Å²) < 4.78 is 18.3. The van der Waals surface area contributed by atoms with Gasteiger partial charge in [-0.3, -0.25) is 9.59 Å². The van der Waals surface area contributed by atoms with Gasteiger partial charge < -0.3 is 25.0 Å². The van der Waals surface area contributed by atoms with Crippen LogP contribution in [0.15, 0.2) is 30.1 Å². The third-order valence-electron chi connectivity index (χ3n) is 4.12. The van der Waals surface area contributed by atoms with Crippen LogP contribution in [0.2, 0.25) is 0 Å². The number of carbonyl (C=O) groups is 3. The van der Waals surface area contributed by atoms with Crippen LogP contribution in [0, 0.1) is 0 Å². The summed E-state index contributed by atoms with van der Waals surface area (Å²) in [5.74, 6) is 0.0920. The number of likely N-dealkylation sites (N-methyl/N-ethyl adjacent to an activating group) is 1. The Labute approximate surface area is 156 Å². The lowest BCUT2D eigenvalue weighted by atomic mass is 9.98. The number of hydrogen-bond donors (Lipinski definition) is 2. The van der Waals surface area contributed by atoms with Crippen molar-refractivity contribution >= 4 is 17.9 Å². The molecule has 3 amide bonds. The molecule has 0 radical (unpaired) electrons. The van der Waals surface area contributed by atoms with Crippen molar-refractivity contribution in [3.8, 4) is 5.75 Å². The number of nitrogens with zero attached hydrogens (tertiary/aromatic N) is 2. The summed E-state index contributed by atoms with van der Waals surface area (Å²) in [6.07, 6.45) is -0.373. The molecule has 146 valence electrons. The van der Waals surface area contributed by atoms with E-state index >= 15 is 0 Å². The first-order valence-electron chi connectivity index (χ1n) is 8.32. The Morgan fingerprint density at radius 2 is 2.15 bits per heavy atom. The predicted octanol–water partition coefficient (Wildman–Crippen LogP) is 1.27. The average molecular weight is 379 g/mol. The van der Waals surface area contributed by atoms with E-state index in [1.54, 1.807) is 32.3 Å². The smallest absolute Gasteiger partial charge is 0.404 e. The molecule has 2 rings (SSSR count). The van der Waals surface area contributed by atoms with Crippen LogP contribution >= 0.6 is 0 Å². The van der Waals surface area contributed by atoms with Gasteiger partial charge in [-0.05, 0) is 30.2 Å². The molecule has 0 saturated carbocycles. The Kier molecular flexibility index (Phi) is 6.75. The van der Waals surface area contributed by atoms with Crippen molar-refractivity contribution in [2.24, 2.45) is 0 Å². The zero-order valence-corrected chi connectivity index (χ0v) is 15.2. The van der Waals surface area contributed by atoms with E-state index < -0.39 is 6.09 Å². The van der Waals surface area contributed by atoms with Crippen molar-refractivity contribution in [2.45, 2.75) is 6.42 Å². The lowest BCUT2D eigenvalue weighted by molar-refractivity contribution is -0.129. The van der Waals surface area contributed by atoms with Crippen LogP contribution in [0.5, 0.6) is 5.75 Å². The van der Waals surface area contributed by atoms with Crippen LogP contribution in [-0.4, -0.2) is 73.2 Å². The topological polar surface area (TPSA) is 99.2 Å². The van der Waals surface area contributed by atoms with E-state index in [4.69, 9.17) is 9.84 Å². The molecule has 0 unspecified atom stereocenters. The second kappa shape index (κ2) is 9.02. The molecule has 0 atom stereocenters. The van der Waals surface area contributed by atoms with Gasteiger partial charge in [-0.15, -0.1) is 0 Å². The SMILES string of the molecule is CN(C)C(=O)CN1CCc2cc(OC/C(=C\F)CNC(=O)O)ccc2C1=O. The average Bonchev–Trinajstić information content (AvgIpc) is 2.63. The van der Waals surface area contributed by atoms with Gasteiger partial charge in [0.1, 0.15) is 18.9 Å². The lowest BCUT2D eigenvalue weighted by Gasteiger charge is -2.29. The Bertz CT molecular complexity index is 763. The second-order valence-corrected chi connectivity index (χ2v) is 6.30. The van der Waals surface area contributed by atoms with Gasteiger partial charge in [0.2, 0.25) is 5.91 Å². The number of fused-ring (bicyclic) bond motifs is 1. The largest absolute Gasteiger partial charge is 0.489 e. The quantitative estimate of drug-likeness (QED) is 0.743. The van der Waals surface area contributed by atoms with Crippen molar-refractivity contribution in [2.75, 3.05) is 40.3 Å². The molecule has 1 aromatic carbocycles. The highest BCUT2D eigenvalue weighted by Gasteiger charge is 2.26. The normalized spacial score (nSPS) is 13.8. The molecule has 0 aliphatic carbocycles. The summed E-state index contributed by atoms with van der Waals surface area (Å²) in [6.45, 7) is 0.162. The van der Waals surface area contributed by atoms with Gasteiger partial charge in [0.15, 0.2) is 0 Å². The third kappa shape index (κ3) is 5.44. The number of carbonyl (C=O) groups excluding carboxylic acids is 2. The van der Waals surface area contributed by atoms with Crippen LogP contribution in [0.25, 0.3) is 0 Å². The van der Waals surface area contributed by atoms with E-state index in [-0.39, 0.29) is 37.1 Å². The molecular weight excluding hydrogens is 357 g/mol. The van der Waals surface area contributed by atoms with Crippen LogP contribution in [0.4, 0.5) is 9.18 Å². The van der Waals surface area contributed by atoms with E-state index in [2.05, 4.69) is 5.32 Å². The van der Waals surface area contributed by atoms with Gasteiger partial charge in [-0.25, -0.2) is 9.18 Å². The summed E-state index contributed by atoms with van der Waals surface area (Å²) in [5, 5.41) is 10.6. The van der Waals surface area contributed by atoms with E-state index in [0.29, 0.717) is 30.6 Å². The lowest BCUT2D eigenvalue weighted by Crippen LogP contribution is -2.43. The zero-order chi connectivity index (χ0) is 20.0. The first-order valence-corrected chi connectivity index (χ1v) is 8.32. The maximum atomic E-state index is 12.8. The van der Waals surface area contributed by atoms with Gasteiger partial charge in [0, 0.05) is 38.3 Å². The molecule has 0 aromatic heterocycles. The first-order chi connectivity index (χ1) is 12.8. The number of carboxylic acid groups (broad SMARTS) is 1. The second-order valence-electron chi connectivity index (χ2n) is 6.30. The summed E-state index contributed by atoms with van der Waals surface area (Å²) in [5.41, 5.74) is 1.44. The van der Waals surface area contributed by atoms with Crippen LogP contribution in [0.1, 0.15) is 15.9 Å². The minimum atomic E-state index is -1.25. The molecular formula is C18H22FN3O5. The summed E-state index contributed by atoms with van der Waals surface area (Å²) in [4.78, 5) is 37.8. The summed E-state index contributed by atoms with van der Waals surface area (Å²) in [6, 6.07) is 4.92. The third-order valence-corrected chi connectivity index (χ3v) is 4.12. The van der Waals surface area contributed by atoms with Crippen molar-refractivity contribution in [3.63, 3.8) is 0 Å². The number of nitrogens with one attached hydrogen (secondary N) is 1. The highest BCUT2D eigenvalue weighted by atomic mass is 19.1. The standard InChI is InChI=1S/C18H22FN3O5/c1-21(2)16(23)10-22-6-5-13-7-14(3-4-15(13)17(22)24)27-11-12(8-19)9-20-18(25)26/h3-4,7-8,20H,5-6,9-11H2,1-2H3,(H,25,26)/b12-8-. The summed E-state index contributed by atoms with van der Waals surface area (Å²) >= 11 is 0. The Balaban J connectivity index is 2.00. The van der Waals surface area contributed by atoms with Crippen molar-refractivity contribution in [1.82, 2.24) is 15.1 Å². The molecule has 0 fully saturated rings. The van der Waals surface area contributed by atoms with E-state index in [0.717, 1.165) is 5.56 Å². The first kappa shape index (κ1) is 20.2. The maximum absolute atomic E-state index is 12.8. The van der Waals surface area contributed by atoms with Crippen LogP contribution < -0.4 is 10.1 Å². The molecule has 1 aromatic rings. The number of halogens is 1. The van der Waals surface area contributed by atoms with E-state index in [1.807, 2.05) is 0 Å². The Morgan fingerprint density at radius 3 is 2.78 bits per heavy atom. The predicted molar refractivity (Wildman–Crippen MR) is 95.5 cm³/mol. The molecule has 0 spiro atoms. The van der Waals surface area contributed by atoms with Crippen molar-refractivity contribution < 1.29 is 28.6 Å². The number of amides is 3.